The van der Waals surface area contributed by atoms with Gasteiger partial charge in [-0.1, -0.05) is 61.5 Å². The van der Waals surface area contributed by atoms with Gasteiger partial charge in [-0.15, -0.1) is 0 Å². The summed E-state index contributed by atoms with van der Waals surface area (Å²) in [6.45, 7) is 4.14. The zero-order valence-electron chi connectivity index (χ0n) is 35.4. The summed E-state index contributed by atoms with van der Waals surface area (Å²) in [5.74, 6) is -2.23. The minimum Gasteiger partial charge on any atom is -0.492 e. The highest BCUT2D eigenvalue weighted by Crippen LogP contribution is 2.40. The molecule has 0 spiro atoms. The van der Waals surface area contributed by atoms with Gasteiger partial charge in [0.05, 0.1) is 12.6 Å². The molecule has 0 saturated carbocycles. The molecule has 1 aliphatic rings. The van der Waals surface area contributed by atoms with Crippen LogP contribution in [0.15, 0.2) is 91.0 Å². The molecule has 0 radical (unpaired) electrons. The van der Waals surface area contributed by atoms with Crippen LogP contribution in [-0.2, 0) is 38.4 Å². The van der Waals surface area contributed by atoms with Crippen LogP contribution in [0.3, 0.4) is 0 Å². The number of rotatable bonds is 15. The number of likely N-dealkylation sites (N-methyl/N-ethyl adjacent to an activating group) is 1. The summed E-state index contributed by atoms with van der Waals surface area (Å²) >= 11 is 0. The Hall–Kier alpha value is -6.80. The lowest BCUT2D eigenvalue weighted by Crippen LogP contribution is -2.55. The van der Waals surface area contributed by atoms with Crippen molar-refractivity contribution in [3.05, 3.63) is 119 Å². The van der Waals surface area contributed by atoms with Crippen LogP contribution in [0.4, 0.5) is 0 Å². The van der Waals surface area contributed by atoms with Gasteiger partial charge in [-0.25, -0.2) is 0 Å². The fourth-order valence-electron chi connectivity index (χ4n) is 6.62. The van der Waals surface area contributed by atoms with E-state index in [2.05, 4.69) is 33.4 Å². The van der Waals surface area contributed by atoms with Crippen molar-refractivity contribution in [3.8, 4) is 28.7 Å². The van der Waals surface area contributed by atoms with E-state index in [4.69, 9.17) is 31.9 Å². The number of hydrogen-bond donors (Lipinski definition) is 7. The number of hydrogen-bond acceptors (Lipinski definition) is 11. The first kappa shape index (κ1) is 47.9. The molecule has 0 aliphatic carbocycles. The smallest absolute Gasteiger partial charge is 0.251 e. The van der Waals surface area contributed by atoms with E-state index in [-0.39, 0.29) is 39.3 Å². The molecule has 1 heterocycles. The summed E-state index contributed by atoms with van der Waals surface area (Å²) in [5, 5.41) is 19.7. The number of nitrogens with zero attached hydrogens (tertiary/aromatic N) is 2. The maximum absolute atomic E-state index is 14.3. The molecule has 0 fully saturated rings. The lowest BCUT2D eigenvalue weighted by Gasteiger charge is -2.30. The maximum Gasteiger partial charge on any atom is 0.251 e. The van der Waals surface area contributed by atoms with Gasteiger partial charge in [-0.05, 0) is 85.0 Å². The van der Waals surface area contributed by atoms with Crippen molar-refractivity contribution in [2.45, 2.75) is 51.2 Å². The van der Waals surface area contributed by atoms with Gasteiger partial charge < -0.3 is 52.8 Å². The van der Waals surface area contributed by atoms with Crippen LogP contribution in [0, 0.1) is 11.3 Å². The molecule has 4 aromatic rings. The zero-order chi connectivity index (χ0) is 45.0. The van der Waals surface area contributed by atoms with E-state index in [9.17, 15) is 24.0 Å². The molecule has 1 aliphatic heterocycles. The van der Waals surface area contributed by atoms with Crippen LogP contribution in [0.5, 0.6) is 11.5 Å². The maximum atomic E-state index is 14.3. The third-order valence-electron chi connectivity index (χ3n) is 9.76. The number of carbonyl (C=O) groups is 5. The van der Waals surface area contributed by atoms with Crippen molar-refractivity contribution in [2.75, 3.05) is 53.0 Å². The predicted molar refractivity (Wildman–Crippen MR) is 236 cm³/mol. The molecule has 0 aromatic heterocycles. The average molecular weight is 848 g/mol. The second-order valence-electron chi connectivity index (χ2n) is 14.4. The average Bonchev–Trinajstić information content (AvgIpc) is 3.28. The number of amides is 5. The van der Waals surface area contributed by atoms with E-state index < -0.39 is 54.2 Å². The SMILES string of the molecule is CCN.C[C@@H]1NC(=O)C(N(C)C(=O)CNC(=O)c2ccc(CCc3ccccc3)cc2)c2ccc(OCCN)c(c2)-c2cc(ccc2OCCN)CC(C(=O)NCC#N)NC1=O. The lowest BCUT2D eigenvalue weighted by atomic mass is 9.93. The quantitative estimate of drug-likeness (QED) is 0.0851. The van der Waals surface area contributed by atoms with Crippen LogP contribution >= 0.6 is 0 Å². The molecule has 2 unspecified atom stereocenters. The number of nitrogens with two attached hydrogens (primary N) is 3. The molecule has 5 amide bonds. The number of aryl methyl sites for hydroxylation is 2. The van der Waals surface area contributed by atoms with E-state index in [1.807, 2.05) is 43.3 Å². The highest BCUT2D eigenvalue weighted by molar-refractivity contribution is 5.98. The summed E-state index contributed by atoms with van der Waals surface area (Å²) in [5.41, 5.74) is 21.1. The molecule has 3 atom stereocenters. The number of fused-ring (bicyclic) bond motifs is 5. The predicted octanol–water partition coefficient (Wildman–Crippen LogP) is 1.89. The van der Waals surface area contributed by atoms with Gasteiger partial charge in [0.1, 0.15) is 49.4 Å². The number of carbonyl (C=O) groups excluding carboxylic acids is 5. The Morgan fingerprint density at radius 3 is 2.02 bits per heavy atom. The molecule has 5 rings (SSSR count). The number of nitrogens with one attached hydrogen (secondary N) is 4. The Kier molecular flexibility index (Phi) is 18.9. The Morgan fingerprint density at radius 1 is 0.806 bits per heavy atom. The number of benzene rings is 4. The van der Waals surface area contributed by atoms with Gasteiger partial charge in [-0.2, -0.15) is 5.26 Å². The highest BCUT2D eigenvalue weighted by atomic mass is 16.5. The van der Waals surface area contributed by atoms with Gasteiger partial charge >= 0.3 is 0 Å². The van der Waals surface area contributed by atoms with Gasteiger partial charge in [0.15, 0.2) is 0 Å². The summed E-state index contributed by atoms with van der Waals surface area (Å²) in [4.78, 5) is 69.2. The van der Waals surface area contributed by atoms with E-state index >= 15 is 0 Å². The fraction of sp³-hybridized carbons (Fsp3) is 0.348. The van der Waals surface area contributed by atoms with Gasteiger partial charge in [0.2, 0.25) is 23.6 Å². The van der Waals surface area contributed by atoms with Crippen molar-refractivity contribution in [1.82, 2.24) is 26.2 Å². The zero-order valence-corrected chi connectivity index (χ0v) is 35.4. The minimum absolute atomic E-state index is 0.0243. The molecule has 4 bridgehead atoms. The van der Waals surface area contributed by atoms with Gasteiger partial charge in [0.25, 0.3) is 5.91 Å². The highest BCUT2D eigenvalue weighted by Gasteiger charge is 2.33. The van der Waals surface area contributed by atoms with Crippen molar-refractivity contribution in [2.24, 2.45) is 17.2 Å². The first-order valence-electron chi connectivity index (χ1n) is 20.5. The Labute approximate surface area is 362 Å². The lowest BCUT2D eigenvalue weighted by molar-refractivity contribution is -0.139. The molecule has 62 heavy (non-hydrogen) atoms. The van der Waals surface area contributed by atoms with Crippen LogP contribution < -0.4 is 47.9 Å². The van der Waals surface area contributed by atoms with Crippen LogP contribution in [0.25, 0.3) is 11.1 Å². The van der Waals surface area contributed by atoms with Crippen LogP contribution in [0.1, 0.15) is 52.5 Å². The monoisotopic (exact) mass is 847 g/mol. The third-order valence-corrected chi connectivity index (χ3v) is 9.76. The second kappa shape index (κ2) is 24.5. The van der Waals surface area contributed by atoms with Crippen molar-refractivity contribution in [3.63, 3.8) is 0 Å². The van der Waals surface area contributed by atoms with Gasteiger partial charge in [0, 0.05) is 43.2 Å². The Balaban J connectivity index is 0.00000273. The molecule has 0 saturated heterocycles. The van der Waals surface area contributed by atoms with Crippen LogP contribution in [0.2, 0.25) is 0 Å². The van der Waals surface area contributed by atoms with E-state index in [0.29, 0.717) is 39.3 Å². The Morgan fingerprint density at radius 2 is 1.40 bits per heavy atom. The molecule has 328 valence electrons. The number of ether oxygens (including phenoxy) is 2. The molecular weight excluding hydrogens is 791 g/mol. The second-order valence-corrected chi connectivity index (χ2v) is 14.4. The summed E-state index contributed by atoms with van der Waals surface area (Å²) < 4.78 is 12.1. The third kappa shape index (κ3) is 13.6. The van der Waals surface area contributed by atoms with E-state index in [0.717, 1.165) is 24.9 Å². The molecule has 10 N–H and O–H groups in total. The molecule has 16 nitrogen and oxygen atoms in total. The summed E-state index contributed by atoms with van der Waals surface area (Å²) in [6, 6.07) is 25.7. The van der Waals surface area contributed by atoms with E-state index in [1.165, 1.54) is 24.4 Å². The standard InChI is InChI=1S/C44H50N8O7.C2H7N/c1-28-41(54)51-36(43(56)48-21-18-45)25-31-12-16-37(58-22-19-46)34(24-31)35-26-33(15-17-38(35)59-23-20-47)40(44(57)50-28)52(2)39(53)27-49-42(55)32-13-10-30(11-14-32)9-8-29-6-4-3-5-7-29;1-2-3/h3-7,10-17,24,26,28,36,40H,8-9,19-23,25,27,46-47H2,1-2H3,(H,48,56)(H,49,55)(H,50,57)(H,51,54);2-3H2,1H3/t28-,36?,40?;/m0./s1. The molecule has 16 heteroatoms. The topological polar surface area (TPSA) is 257 Å². The van der Waals surface area contributed by atoms with Crippen molar-refractivity contribution < 1.29 is 33.4 Å². The van der Waals surface area contributed by atoms with Crippen molar-refractivity contribution >= 4 is 29.5 Å². The van der Waals surface area contributed by atoms with Crippen molar-refractivity contribution in [1.29, 1.82) is 5.26 Å². The van der Waals surface area contributed by atoms with Gasteiger partial charge in [-0.3, -0.25) is 24.0 Å². The normalized spacial score (nSPS) is 15.8. The van der Waals surface area contributed by atoms with E-state index in [1.54, 1.807) is 48.5 Å². The first-order chi connectivity index (χ1) is 29.9. The van der Waals surface area contributed by atoms with Crippen LogP contribution in [-0.4, -0.2) is 99.5 Å². The largest absolute Gasteiger partial charge is 0.492 e. The Bertz CT molecular complexity index is 2180. The summed E-state index contributed by atoms with van der Waals surface area (Å²) in [7, 11) is 1.43. The fourth-order valence-corrected chi connectivity index (χ4v) is 6.62. The summed E-state index contributed by atoms with van der Waals surface area (Å²) in [6.07, 6.45) is 1.68. The molecular formula is C46H57N9O7. The molecule has 4 aromatic carbocycles. The first-order valence-corrected chi connectivity index (χ1v) is 20.5. The number of nitriles is 1. The minimum atomic E-state index is -1.31.